The average molecular weight is 388 g/mol. The Morgan fingerprint density at radius 1 is 1.00 bits per heavy atom. The van der Waals surface area contributed by atoms with Crippen molar-refractivity contribution in [3.8, 4) is 11.5 Å². The van der Waals surface area contributed by atoms with Crippen LogP contribution in [0.2, 0.25) is 0 Å². The predicted molar refractivity (Wildman–Crippen MR) is 110 cm³/mol. The monoisotopic (exact) mass is 387 g/mol. The van der Waals surface area contributed by atoms with Crippen LogP contribution in [0.5, 0.6) is 11.5 Å². The predicted octanol–water partition coefficient (Wildman–Crippen LogP) is 4.19. The van der Waals surface area contributed by atoms with Gasteiger partial charge in [0, 0.05) is 24.4 Å². The van der Waals surface area contributed by atoms with Gasteiger partial charge in [0.05, 0.1) is 19.5 Å². The van der Waals surface area contributed by atoms with Gasteiger partial charge in [-0.05, 0) is 62.8 Å². The molecule has 1 aromatic heterocycles. The molecule has 0 unspecified atom stereocenters. The van der Waals surface area contributed by atoms with Gasteiger partial charge in [0.2, 0.25) is 5.91 Å². The lowest BCUT2D eigenvalue weighted by Crippen LogP contribution is -2.31. The molecular formula is C22H33N3O3. The third-order valence-corrected chi connectivity index (χ3v) is 4.84. The summed E-state index contributed by atoms with van der Waals surface area (Å²) in [6.45, 7) is 6.13. The maximum Gasteiger partial charge on any atom is 0.223 e. The Hall–Kier alpha value is -2.50. The number of hydrogen-bond donors (Lipinski definition) is 1. The number of primary amides is 1. The molecule has 0 saturated carbocycles. The van der Waals surface area contributed by atoms with Crippen LogP contribution in [-0.4, -0.2) is 28.7 Å². The normalized spacial score (nSPS) is 11.4. The molecule has 2 aromatic rings. The highest BCUT2D eigenvalue weighted by Gasteiger charge is 2.23. The van der Waals surface area contributed by atoms with E-state index in [0.29, 0.717) is 6.61 Å². The Kier molecular flexibility index (Phi) is 8.85. The highest BCUT2D eigenvalue weighted by molar-refractivity contribution is 5.79. The summed E-state index contributed by atoms with van der Waals surface area (Å²) >= 11 is 0. The van der Waals surface area contributed by atoms with Gasteiger partial charge >= 0.3 is 0 Å². The number of nitrogens with two attached hydrogens (primary N) is 1. The molecule has 0 spiro atoms. The molecule has 28 heavy (non-hydrogen) atoms. The second-order valence-electron chi connectivity index (χ2n) is 7.73. The summed E-state index contributed by atoms with van der Waals surface area (Å²) in [5, 5.41) is 0. The summed E-state index contributed by atoms with van der Waals surface area (Å²) in [5.74, 6) is 1.45. The molecule has 0 aliphatic rings. The molecule has 2 rings (SSSR count). The van der Waals surface area contributed by atoms with E-state index < -0.39 is 5.41 Å². The van der Waals surface area contributed by atoms with Crippen LogP contribution in [0.4, 0.5) is 0 Å². The summed E-state index contributed by atoms with van der Waals surface area (Å²) in [6, 6.07) is 7.75. The van der Waals surface area contributed by atoms with Crippen LogP contribution in [0.25, 0.3) is 0 Å². The van der Waals surface area contributed by atoms with E-state index in [9.17, 15) is 4.79 Å². The largest absolute Gasteiger partial charge is 0.494 e. The third kappa shape index (κ3) is 8.03. The van der Waals surface area contributed by atoms with Crippen LogP contribution in [0.1, 0.15) is 52.4 Å². The zero-order valence-corrected chi connectivity index (χ0v) is 17.1. The highest BCUT2D eigenvalue weighted by Crippen LogP contribution is 2.23. The Labute approximate surface area is 168 Å². The zero-order valence-electron chi connectivity index (χ0n) is 17.1. The second kappa shape index (κ2) is 11.4. The van der Waals surface area contributed by atoms with E-state index in [1.54, 1.807) is 6.20 Å². The number of nitrogens with zero attached hydrogens (tertiary/aromatic N) is 2. The number of rotatable bonds is 14. The Bertz CT molecular complexity index is 682. The van der Waals surface area contributed by atoms with E-state index in [-0.39, 0.29) is 5.91 Å². The van der Waals surface area contributed by atoms with Gasteiger partial charge in [-0.2, -0.15) is 0 Å². The van der Waals surface area contributed by atoms with Crippen molar-refractivity contribution in [3.63, 3.8) is 0 Å². The molecule has 2 N–H and O–H groups in total. The molecule has 0 fully saturated rings. The number of carbonyl (C=O) groups is 1. The van der Waals surface area contributed by atoms with Gasteiger partial charge in [0.1, 0.15) is 11.5 Å². The fraction of sp³-hybridized carbons (Fsp3) is 0.545. The second-order valence-corrected chi connectivity index (χ2v) is 7.73. The zero-order chi connectivity index (χ0) is 20.2. The molecule has 0 radical (unpaired) electrons. The molecule has 154 valence electrons. The van der Waals surface area contributed by atoms with Crippen molar-refractivity contribution in [2.45, 2.75) is 58.9 Å². The standard InChI is InChI=1S/C22H33N3O3/c1-22(2,21(23)26)12-4-7-17-28-20-10-8-19(9-11-20)27-16-6-3-5-14-25-15-13-24-18-25/h8-11,13,15,18H,3-7,12,14,16-17H2,1-2H3,(H2,23,26). The summed E-state index contributed by atoms with van der Waals surface area (Å²) in [5.41, 5.74) is 4.94. The lowest BCUT2D eigenvalue weighted by atomic mass is 9.86. The molecule has 0 aliphatic carbocycles. The minimum absolute atomic E-state index is 0.248. The molecular weight excluding hydrogens is 354 g/mol. The third-order valence-electron chi connectivity index (χ3n) is 4.84. The lowest BCUT2D eigenvalue weighted by Gasteiger charge is -2.19. The quantitative estimate of drug-likeness (QED) is 0.493. The fourth-order valence-electron chi connectivity index (χ4n) is 2.80. The molecule has 1 heterocycles. The number of hydrogen-bond acceptors (Lipinski definition) is 4. The number of aryl methyl sites for hydroxylation is 1. The van der Waals surface area contributed by atoms with Crippen molar-refractivity contribution >= 4 is 5.91 Å². The SMILES string of the molecule is CC(C)(CCCCOc1ccc(OCCCCCn2ccnc2)cc1)C(N)=O. The van der Waals surface area contributed by atoms with E-state index in [4.69, 9.17) is 15.2 Å². The summed E-state index contributed by atoms with van der Waals surface area (Å²) in [7, 11) is 0. The number of carbonyl (C=O) groups excluding carboxylic acids is 1. The summed E-state index contributed by atoms with van der Waals surface area (Å²) in [4.78, 5) is 15.3. The maximum atomic E-state index is 11.3. The van der Waals surface area contributed by atoms with E-state index in [2.05, 4.69) is 9.55 Å². The van der Waals surface area contributed by atoms with Crippen molar-refractivity contribution < 1.29 is 14.3 Å². The number of unbranched alkanes of at least 4 members (excludes halogenated alkanes) is 3. The molecule has 1 amide bonds. The minimum atomic E-state index is -0.446. The molecule has 1 aromatic carbocycles. The Morgan fingerprint density at radius 2 is 1.61 bits per heavy atom. The topological polar surface area (TPSA) is 79.4 Å². The van der Waals surface area contributed by atoms with Crippen molar-refractivity contribution in [1.29, 1.82) is 0 Å². The first kappa shape index (κ1) is 21.8. The van der Waals surface area contributed by atoms with Gasteiger partial charge in [-0.3, -0.25) is 4.79 Å². The number of amides is 1. The molecule has 0 atom stereocenters. The van der Waals surface area contributed by atoms with Crippen LogP contribution in [0.3, 0.4) is 0 Å². The number of aromatic nitrogens is 2. The van der Waals surface area contributed by atoms with Crippen LogP contribution in [0.15, 0.2) is 43.0 Å². The van der Waals surface area contributed by atoms with Crippen LogP contribution in [0, 0.1) is 5.41 Å². The first-order valence-corrected chi connectivity index (χ1v) is 10.1. The summed E-state index contributed by atoms with van der Waals surface area (Å²) in [6.07, 6.45) is 11.5. The summed E-state index contributed by atoms with van der Waals surface area (Å²) < 4.78 is 13.6. The van der Waals surface area contributed by atoms with Gasteiger partial charge in [0.15, 0.2) is 0 Å². The lowest BCUT2D eigenvalue weighted by molar-refractivity contribution is -0.126. The Balaban J connectivity index is 1.53. The fourth-order valence-corrected chi connectivity index (χ4v) is 2.80. The first-order valence-electron chi connectivity index (χ1n) is 10.1. The molecule has 6 nitrogen and oxygen atoms in total. The number of ether oxygens (including phenoxy) is 2. The van der Waals surface area contributed by atoms with Crippen LogP contribution >= 0.6 is 0 Å². The molecule has 0 bridgehead atoms. The number of imidazole rings is 1. The van der Waals surface area contributed by atoms with Gasteiger partial charge in [0.25, 0.3) is 0 Å². The van der Waals surface area contributed by atoms with E-state index in [1.165, 1.54) is 0 Å². The van der Waals surface area contributed by atoms with Gasteiger partial charge in [-0.15, -0.1) is 0 Å². The van der Waals surface area contributed by atoms with Crippen LogP contribution < -0.4 is 15.2 Å². The molecule has 6 heteroatoms. The average Bonchev–Trinajstić information content (AvgIpc) is 3.18. The minimum Gasteiger partial charge on any atom is -0.494 e. The van der Waals surface area contributed by atoms with Crippen LogP contribution in [-0.2, 0) is 11.3 Å². The van der Waals surface area contributed by atoms with Crippen molar-refractivity contribution in [3.05, 3.63) is 43.0 Å². The van der Waals surface area contributed by atoms with Gasteiger partial charge in [-0.1, -0.05) is 13.8 Å². The van der Waals surface area contributed by atoms with E-state index >= 15 is 0 Å². The Morgan fingerprint density at radius 3 is 2.14 bits per heavy atom. The van der Waals surface area contributed by atoms with Crippen molar-refractivity contribution in [2.75, 3.05) is 13.2 Å². The van der Waals surface area contributed by atoms with E-state index in [1.807, 2.05) is 50.6 Å². The van der Waals surface area contributed by atoms with E-state index in [0.717, 1.165) is 63.2 Å². The smallest absolute Gasteiger partial charge is 0.223 e. The van der Waals surface area contributed by atoms with Crippen molar-refractivity contribution in [2.24, 2.45) is 11.1 Å². The van der Waals surface area contributed by atoms with Gasteiger partial charge < -0.3 is 19.8 Å². The highest BCUT2D eigenvalue weighted by atomic mass is 16.5. The van der Waals surface area contributed by atoms with Gasteiger partial charge in [-0.25, -0.2) is 4.98 Å². The maximum absolute atomic E-state index is 11.3. The molecule has 0 saturated heterocycles. The first-order chi connectivity index (χ1) is 13.5. The van der Waals surface area contributed by atoms with Crippen molar-refractivity contribution in [1.82, 2.24) is 9.55 Å². The molecule has 0 aliphatic heterocycles. The number of benzene rings is 1.